The van der Waals surface area contributed by atoms with Crippen LogP contribution >= 0.6 is 0 Å². The first kappa shape index (κ1) is 15.2. The van der Waals surface area contributed by atoms with E-state index in [1.165, 1.54) is 0 Å². The maximum absolute atomic E-state index is 12.4. The summed E-state index contributed by atoms with van der Waals surface area (Å²) < 4.78 is 27.4. The lowest BCUT2D eigenvalue weighted by Crippen LogP contribution is -2.13. The van der Waals surface area contributed by atoms with Crippen molar-refractivity contribution >= 4 is 15.7 Å². The van der Waals surface area contributed by atoms with Crippen molar-refractivity contribution in [3.8, 4) is 11.1 Å². The van der Waals surface area contributed by atoms with Crippen molar-refractivity contribution in [2.24, 2.45) is 0 Å². The van der Waals surface area contributed by atoms with Gasteiger partial charge in [0.1, 0.15) is 0 Å². The van der Waals surface area contributed by atoms with Crippen LogP contribution in [0.5, 0.6) is 0 Å². The van der Waals surface area contributed by atoms with Gasteiger partial charge in [-0.1, -0.05) is 12.1 Å². The second kappa shape index (κ2) is 6.18. The summed E-state index contributed by atoms with van der Waals surface area (Å²) in [4.78, 5) is 8.23. The second-order valence-corrected chi connectivity index (χ2v) is 6.73. The van der Waals surface area contributed by atoms with E-state index < -0.39 is 10.0 Å². The van der Waals surface area contributed by atoms with Gasteiger partial charge in [0.05, 0.1) is 10.6 Å². The average Bonchev–Trinajstić information content (AvgIpc) is 2.55. The number of nitrogens with one attached hydrogen (secondary N) is 1. The Hall–Kier alpha value is -2.73. The van der Waals surface area contributed by atoms with E-state index in [4.69, 9.17) is 0 Å². The Morgan fingerprint density at radius 3 is 2.17 bits per heavy atom. The van der Waals surface area contributed by atoms with Crippen LogP contribution in [0.4, 0.5) is 5.69 Å². The molecule has 0 aliphatic heterocycles. The summed E-state index contributed by atoms with van der Waals surface area (Å²) in [5.41, 5.74) is 3.17. The van der Waals surface area contributed by atoms with Crippen LogP contribution in [0.1, 0.15) is 5.69 Å². The maximum Gasteiger partial charge on any atom is 0.261 e. The normalized spacial score (nSPS) is 11.2. The number of rotatable bonds is 4. The molecule has 6 heteroatoms. The van der Waals surface area contributed by atoms with Crippen LogP contribution in [-0.4, -0.2) is 18.4 Å². The van der Waals surface area contributed by atoms with Crippen LogP contribution < -0.4 is 4.72 Å². The summed E-state index contributed by atoms with van der Waals surface area (Å²) in [6, 6.07) is 13.8. The minimum absolute atomic E-state index is 0.213. The molecule has 1 N–H and O–H groups in total. The molecule has 0 bridgehead atoms. The number of aryl methyl sites for hydroxylation is 1. The van der Waals surface area contributed by atoms with Crippen molar-refractivity contribution in [2.45, 2.75) is 11.8 Å². The topological polar surface area (TPSA) is 72.0 Å². The van der Waals surface area contributed by atoms with E-state index in [0.29, 0.717) is 5.69 Å². The smallest absolute Gasteiger partial charge is 0.261 e. The SMILES string of the molecule is Cc1cc(NS(=O)(=O)c2ccc(-c3ccncc3)cc2)ccn1. The van der Waals surface area contributed by atoms with E-state index in [0.717, 1.165) is 16.8 Å². The van der Waals surface area contributed by atoms with Crippen LogP contribution in [0.3, 0.4) is 0 Å². The highest BCUT2D eigenvalue weighted by molar-refractivity contribution is 7.92. The summed E-state index contributed by atoms with van der Waals surface area (Å²) in [6.07, 6.45) is 4.97. The third kappa shape index (κ3) is 3.54. The van der Waals surface area contributed by atoms with Crippen molar-refractivity contribution in [3.63, 3.8) is 0 Å². The zero-order valence-electron chi connectivity index (χ0n) is 12.5. The predicted octanol–water partition coefficient (Wildman–Crippen LogP) is 3.25. The lowest BCUT2D eigenvalue weighted by molar-refractivity contribution is 0.601. The molecule has 3 aromatic rings. The third-order valence-corrected chi connectivity index (χ3v) is 4.72. The fourth-order valence-electron chi connectivity index (χ4n) is 2.19. The largest absolute Gasteiger partial charge is 0.280 e. The molecule has 23 heavy (non-hydrogen) atoms. The molecule has 1 aromatic carbocycles. The Morgan fingerprint density at radius 2 is 1.52 bits per heavy atom. The molecule has 3 rings (SSSR count). The van der Waals surface area contributed by atoms with Crippen LogP contribution in [0.2, 0.25) is 0 Å². The van der Waals surface area contributed by atoms with Gasteiger partial charge in [-0.2, -0.15) is 0 Å². The standard InChI is InChI=1S/C17H15N3O2S/c1-13-12-16(8-11-19-13)20-23(21,22)17-4-2-14(3-5-17)15-6-9-18-10-7-15/h2-12H,1H3,(H,19,20). The van der Waals surface area contributed by atoms with Crippen molar-refractivity contribution in [2.75, 3.05) is 4.72 Å². The van der Waals surface area contributed by atoms with Crippen molar-refractivity contribution in [3.05, 3.63) is 72.8 Å². The number of hydrogen-bond donors (Lipinski definition) is 1. The number of hydrogen-bond acceptors (Lipinski definition) is 4. The fourth-order valence-corrected chi connectivity index (χ4v) is 3.24. The lowest BCUT2D eigenvalue weighted by Gasteiger charge is -2.09. The molecule has 0 spiro atoms. The number of nitrogens with zero attached hydrogens (tertiary/aromatic N) is 2. The maximum atomic E-state index is 12.4. The van der Waals surface area contributed by atoms with Crippen LogP contribution in [-0.2, 0) is 10.0 Å². The fraction of sp³-hybridized carbons (Fsp3) is 0.0588. The van der Waals surface area contributed by atoms with Crippen LogP contribution in [0.15, 0.2) is 72.0 Å². The lowest BCUT2D eigenvalue weighted by atomic mass is 10.1. The summed E-state index contributed by atoms with van der Waals surface area (Å²) >= 11 is 0. The summed E-state index contributed by atoms with van der Waals surface area (Å²) in [6.45, 7) is 1.81. The van der Waals surface area contributed by atoms with E-state index in [1.54, 1.807) is 61.9 Å². The van der Waals surface area contributed by atoms with Gasteiger partial charge in [-0.05, 0) is 54.4 Å². The minimum Gasteiger partial charge on any atom is -0.280 e. The van der Waals surface area contributed by atoms with Gasteiger partial charge in [0.2, 0.25) is 0 Å². The third-order valence-electron chi connectivity index (χ3n) is 3.33. The van der Waals surface area contributed by atoms with Crippen molar-refractivity contribution in [1.29, 1.82) is 0 Å². The Kier molecular flexibility index (Phi) is 4.08. The zero-order chi connectivity index (χ0) is 16.3. The summed E-state index contributed by atoms with van der Waals surface area (Å²) in [5.74, 6) is 0. The quantitative estimate of drug-likeness (QED) is 0.799. The number of aromatic nitrogens is 2. The van der Waals surface area contributed by atoms with E-state index in [2.05, 4.69) is 14.7 Å². The molecule has 2 heterocycles. The Bertz CT molecular complexity index is 908. The van der Waals surface area contributed by atoms with Gasteiger partial charge in [-0.15, -0.1) is 0 Å². The van der Waals surface area contributed by atoms with Gasteiger partial charge in [0, 0.05) is 24.3 Å². The number of benzene rings is 1. The highest BCUT2D eigenvalue weighted by Crippen LogP contribution is 2.22. The van der Waals surface area contributed by atoms with E-state index in [-0.39, 0.29) is 4.90 Å². The molecule has 5 nitrogen and oxygen atoms in total. The van der Waals surface area contributed by atoms with Crippen molar-refractivity contribution < 1.29 is 8.42 Å². The Balaban J connectivity index is 1.86. The van der Waals surface area contributed by atoms with Gasteiger partial charge in [-0.3, -0.25) is 14.7 Å². The first-order chi connectivity index (χ1) is 11.0. The molecule has 0 atom stereocenters. The monoisotopic (exact) mass is 325 g/mol. The average molecular weight is 325 g/mol. The van der Waals surface area contributed by atoms with Crippen LogP contribution in [0.25, 0.3) is 11.1 Å². The molecule has 0 amide bonds. The molecule has 0 radical (unpaired) electrons. The molecule has 2 aromatic heterocycles. The van der Waals surface area contributed by atoms with Gasteiger partial charge in [0.15, 0.2) is 0 Å². The van der Waals surface area contributed by atoms with Crippen molar-refractivity contribution in [1.82, 2.24) is 9.97 Å². The molecule has 0 aliphatic rings. The van der Waals surface area contributed by atoms with Gasteiger partial charge in [-0.25, -0.2) is 8.42 Å². The number of sulfonamides is 1. The molecule has 0 saturated carbocycles. The van der Waals surface area contributed by atoms with Crippen LogP contribution in [0, 0.1) is 6.92 Å². The summed E-state index contributed by atoms with van der Waals surface area (Å²) in [7, 11) is -3.62. The predicted molar refractivity (Wildman–Crippen MR) is 89.5 cm³/mol. The number of pyridine rings is 2. The molecular weight excluding hydrogens is 310 g/mol. The zero-order valence-corrected chi connectivity index (χ0v) is 13.3. The molecule has 0 saturated heterocycles. The Morgan fingerprint density at radius 1 is 0.870 bits per heavy atom. The first-order valence-electron chi connectivity index (χ1n) is 7.00. The first-order valence-corrected chi connectivity index (χ1v) is 8.49. The highest BCUT2D eigenvalue weighted by atomic mass is 32.2. The minimum atomic E-state index is -3.62. The molecule has 0 fully saturated rings. The molecule has 0 aliphatic carbocycles. The second-order valence-electron chi connectivity index (χ2n) is 5.05. The molecular formula is C17H15N3O2S. The highest BCUT2D eigenvalue weighted by Gasteiger charge is 2.14. The van der Waals surface area contributed by atoms with Gasteiger partial charge >= 0.3 is 0 Å². The van der Waals surface area contributed by atoms with E-state index >= 15 is 0 Å². The van der Waals surface area contributed by atoms with Gasteiger partial charge < -0.3 is 0 Å². The Labute approximate surface area is 135 Å². The molecule has 116 valence electrons. The number of anilines is 1. The van der Waals surface area contributed by atoms with E-state index in [9.17, 15) is 8.42 Å². The molecule has 0 unspecified atom stereocenters. The van der Waals surface area contributed by atoms with Gasteiger partial charge in [0.25, 0.3) is 10.0 Å². The summed E-state index contributed by atoms with van der Waals surface area (Å²) in [5, 5.41) is 0. The van der Waals surface area contributed by atoms with E-state index in [1.807, 2.05) is 12.1 Å².